The molecule has 1 N–H and O–H groups in total. The molecule has 20 heavy (non-hydrogen) atoms. The Morgan fingerprint density at radius 1 is 1.30 bits per heavy atom. The van der Waals surface area contributed by atoms with Crippen LogP contribution in [0.2, 0.25) is 0 Å². The Kier molecular flexibility index (Phi) is 3.73. The van der Waals surface area contributed by atoms with Crippen molar-refractivity contribution in [1.82, 2.24) is 5.32 Å². The molecule has 1 amide bonds. The highest BCUT2D eigenvalue weighted by Crippen LogP contribution is 2.47. The molecule has 1 aromatic rings. The maximum absolute atomic E-state index is 12.2. The fourth-order valence-electron chi connectivity index (χ4n) is 3.89. The van der Waals surface area contributed by atoms with Gasteiger partial charge in [0, 0.05) is 6.54 Å². The van der Waals surface area contributed by atoms with Crippen molar-refractivity contribution < 1.29 is 4.79 Å². The number of rotatable bonds is 4. The van der Waals surface area contributed by atoms with Crippen molar-refractivity contribution in [3.63, 3.8) is 0 Å². The SMILES string of the molecule is N#CC(C(=O)NCC1CC2CCC1C2)c1ccccc1. The number of carbonyl (C=O) groups is 1. The van der Waals surface area contributed by atoms with E-state index in [4.69, 9.17) is 0 Å². The van der Waals surface area contributed by atoms with Gasteiger partial charge in [-0.2, -0.15) is 5.26 Å². The minimum absolute atomic E-state index is 0.151. The molecule has 2 saturated carbocycles. The second-order valence-electron chi connectivity index (χ2n) is 6.15. The normalized spacial score (nSPS) is 28.9. The zero-order valence-corrected chi connectivity index (χ0v) is 11.6. The lowest BCUT2D eigenvalue weighted by Gasteiger charge is -2.22. The Bertz CT molecular complexity index is 520. The van der Waals surface area contributed by atoms with Crippen molar-refractivity contribution in [2.24, 2.45) is 17.8 Å². The molecule has 0 saturated heterocycles. The molecule has 3 nitrogen and oxygen atoms in total. The van der Waals surface area contributed by atoms with Gasteiger partial charge >= 0.3 is 0 Å². The predicted molar refractivity (Wildman–Crippen MR) is 76.7 cm³/mol. The lowest BCUT2D eigenvalue weighted by molar-refractivity contribution is -0.121. The van der Waals surface area contributed by atoms with Crippen LogP contribution in [0, 0.1) is 29.1 Å². The molecule has 0 radical (unpaired) electrons. The van der Waals surface area contributed by atoms with Gasteiger partial charge in [-0.25, -0.2) is 0 Å². The predicted octanol–water partition coefficient (Wildman–Crippen LogP) is 2.85. The van der Waals surface area contributed by atoms with E-state index in [0.29, 0.717) is 5.92 Å². The Morgan fingerprint density at radius 3 is 2.70 bits per heavy atom. The molecule has 0 spiro atoms. The molecule has 104 valence electrons. The molecule has 0 heterocycles. The quantitative estimate of drug-likeness (QED) is 0.913. The number of nitrogens with zero attached hydrogens (tertiary/aromatic N) is 1. The molecule has 2 aliphatic rings. The number of hydrogen-bond acceptors (Lipinski definition) is 2. The highest BCUT2D eigenvalue weighted by Gasteiger charge is 2.39. The number of hydrogen-bond donors (Lipinski definition) is 1. The summed E-state index contributed by atoms with van der Waals surface area (Å²) < 4.78 is 0. The molecule has 4 atom stereocenters. The molecule has 0 aromatic heterocycles. The number of carbonyl (C=O) groups excluding carboxylic acids is 1. The molecule has 3 rings (SSSR count). The number of fused-ring (bicyclic) bond motifs is 2. The summed E-state index contributed by atoms with van der Waals surface area (Å²) >= 11 is 0. The fraction of sp³-hybridized carbons (Fsp3) is 0.529. The van der Waals surface area contributed by atoms with Crippen LogP contribution in [-0.2, 0) is 4.79 Å². The van der Waals surface area contributed by atoms with E-state index in [1.54, 1.807) is 0 Å². The van der Waals surface area contributed by atoms with Crippen molar-refractivity contribution in [2.45, 2.75) is 31.6 Å². The van der Waals surface area contributed by atoms with Gasteiger partial charge in [-0.15, -0.1) is 0 Å². The van der Waals surface area contributed by atoms with Crippen LogP contribution in [0.5, 0.6) is 0 Å². The average Bonchev–Trinajstić information content (AvgIpc) is 3.09. The van der Waals surface area contributed by atoms with Crippen LogP contribution in [0.1, 0.15) is 37.2 Å². The van der Waals surface area contributed by atoms with E-state index in [1.165, 1.54) is 25.7 Å². The molecule has 0 aliphatic heterocycles. The number of amides is 1. The summed E-state index contributed by atoms with van der Waals surface area (Å²) in [5, 5.41) is 12.2. The molecule has 2 aliphatic carbocycles. The second-order valence-corrected chi connectivity index (χ2v) is 6.15. The van der Waals surface area contributed by atoms with E-state index < -0.39 is 5.92 Å². The monoisotopic (exact) mass is 268 g/mol. The van der Waals surface area contributed by atoms with Crippen LogP contribution in [0.15, 0.2) is 30.3 Å². The molecular formula is C17H20N2O. The van der Waals surface area contributed by atoms with Crippen LogP contribution >= 0.6 is 0 Å². The van der Waals surface area contributed by atoms with Crippen LogP contribution in [0.4, 0.5) is 0 Å². The molecule has 4 unspecified atom stereocenters. The van der Waals surface area contributed by atoms with Gasteiger partial charge in [0.15, 0.2) is 0 Å². The van der Waals surface area contributed by atoms with Gasteiger partial charge < -0.3 is 5.32 Å². The van der Waals surface area contributed by atoms with E-state index >= 15 is 0 Å². The van der Waals surface area contributed by atoms with Gasteiger partial charge in [-0.1, -0.05) is 36.8 Å². The molecular weight excluding hydrogens is 248 g/mol. The van der Waals surface area contributed by atoms with Crippen LogP contribution in [0.25, 0.3) is 0 Å². The first kappa shape index (κ1) is 13.2. The largest absolute Gasteiger partial charge is 0.354 e. The molecule has 3 heteroatoms. The number of nitriles is 1. The molecule has 1 aromatic carbocycles. The van der Waals surface area contributed by atoms with E-state index in [-0.39, 0.29) is 5.91 Å². The fourth-order valence-corrected chi connectivity index (χ4v) is 3.89. The average molecular weight is 268 g/mol. The lowest BCUT2D eigenvalue weighted by atomic mass is 9.88. The third kappa shape index (κ3) is 2.56. The summed E-state index contributed by atoms with van der Waals surface area (Å²) in [4.78, 5) is 12.2. The van der Waals surface area contributed by atoms with Crippen molar-refractivity contribution in [1.29, 1.82) is 5.26 Å². The van der Waals surface area contributed by atoms with Crippen molar-refractivity contribution in [3.8, 4) is 6.07 Å². The van der Waals surface area contributed by atoms with Crippen molar-refractivity contribution in [2.75, 3.05) is 6.54 Å². The zero-order valence-electron chi connectivity index (χ0n) is 11.6. The first-order chi connectivity index (χ1) is 9.78. The van der Waals surface area contributed by atoms with E-state index in [2.05, 4.69) is 11.4 Å². The highest BCUT2D eigenvalue weighted by molar-refractivity contribution is 5.86. The summed E-state index contributed by atoms with van der Waals surface area (Å²) in [6.07, 6.45) is 5.31. The minimum Gasteiger partial charge on any atom is -0.354 e. The van der Waals surface area contributed by atoms with E-state index in [0.717, 1.165) is 23.9 Å². The van der Waals surface area contributed by atoms with Gasteiger partial charge in [-0.05, 0) is 42.6 Å². The van der Waals surface area contributed by atoms with Gasteiger partial charge in [0.25, 0.3) is 0 Å². The second kappa shape index (κ2) is 5.66. The van der Waals surface area contributed by atoms with Gasteiger partial charge in [0.05, 0.1) is 6.07 Å². The summed E-state index contributed by atoms with van der Waals surface area (Å²) in [5.41, 5.74) is 0.778. The third-order valence-corrected chi connectivity index (χ3v) is 4.95. The van der Waals surface area contributed by atoms with E-state index in [1.807, 2.05) is 30.3 Å². The first-order valence-corrected chi connectivity index (χ1v) is 7.50. The van der Waals surface area contributed by atoms with E-state index in [9.17, 15) is 10.1 Å². The lowest BCUT2D eigenvalue weighted by Crippen LogP contribution is -2.34. The number of benzene rings is 1. The van der Waals surface area contributed by atoms with Crippen LogP contribution in [-0.4, -0.2) is 12.5 Å². The number of nitrogens with one attached hydrogen (secondary N) is 1. The zero-order chi connectivity index (χ0) is 13.9. The summed E-state index contributed by atoms with van der Waals surface area (Å²) in [6.45, 7) is 0.741. The van der Waals surface area contributed by atoms with Gasteiger partial charge in [0.1, 0.15) is 5.92 Å². The maximum atomic E-state index is 12.2. The highest BCUT2D eigenvalue weighted by atomic mass is 16.1. The Morgan fingerprint density at radius 2 is 2.10 bits per heavy atom. The van der Waals surface area contributed by atoms with Crippen LogP contribution in [0.3, 0.4) is 0 Å². The molecule has 2 bridgehead atoms. The minimum atomic E-state index is -0.685. The molecule has 2 fully saturated rings. The summed E-state index contributed by atoms with van der Waals surface area (Å²) in [5.74, 6) is 1.49. The standard InChI is InChI=1S/C17H20N2O/c18-10-16(13-4-2-1-3-5-13)17(20)19-11-15-9-12-6-7-14(15)8-12/h1-5,12,14-16H,6-9,11H2,(H,19,20). The van der Waals surface area contributed by atoms with Gasteiger partial charge in [-0.3, -0.25) is 4.79 Å². The Labute approximate surface area is 120 Å². The Hall–Kier alpha value is -1.82. The smallest absolute Gasteiger partial charge is 0.241 e. The maximum Gasteiger partial charge on any atom is 0.241 e. The first-order valence-electron chi connectivity index (χ1n) is 7.50. The third-order valence-electron chi connectivity index (χ3n) is 4.95. The summed E-state index contributed by atoms with van der Waals surface area (Å²) in [6, 6.07) is 11.4. The van der Waals surface area contributed by atoms with Crippen LogP contribution < -0.4 is 5.32 Å². The Balaban J connectivity index is 1.57. The summed E-state index contributed by atoms with van der Waals surface area (Å²) in [7, 11) is 0. The van der Waals surface area contributed by atoms with Crippen molar-refractivity contribution >= 4 is 5.91 Å². The topological polar surface area (TPSA) is 52.9 Å². The van der Waals surface area contributed by atoms with Crippen molar-refractivity contribution in [3.05, 3.63) is 35.9 Å². The van der Waals surface area contributed by atoms with Gasteiger partial charge in [0.2, 0.25) is 5.91 Å².